The van der Waals surface area contributed by atoms with Crippen molar-refractivity contribution >= 4 is 23.1 Å². The molecule has 102 valence electrons. The van der Waals surface area contributed by atoms with E-state index in [2.05, 4.69) is 0 Å². The SMILES string of the molecule is O=C(Cc1ccc([N+](=O)[O-])cc1)c1c(F)cccc1Cl. The van der Waals surface area contributed by atoms with Crippen LogP contribution >= 0.6 is 11.6 Å². The van der Waals surface area contributed by atoms with E-state index in [1.54, 1.807) is 0 Å². The highest BCUT2D eigenvalue weighted by Gasteiger charge is 2.16. The minimum Gasteiger partial charge on any atom is -0.294 e. The standard InChI is InChI=1S/C14H9ClFNO3/c15-11-2-1-3-12(16)14(11)13(18)8-9-4-6-10(7-5-9)17(19)20/h1-7H,8H2. The predicted octanol–water partition coefficient (Wildman–Crippen LogP) is 3.81. The molecule has 0 saturated heterocycles. The molecule has 0 N–H and O–H groups in total. The van der Waals surface area contributed by atoms with Crippen molar-refractivity contribution < 1.29 is 14.1 Å². The first-order valence-electron chi connectivity index (χ1n) is 5.69. The van der Waals surface area contributed by atoms with E-state index in [1.165, 1.54) is 36.4 Å². The predicted molar refractivity (Wildman–Crippen MR) is 72.5 cm³/mol. The molecule has 0 bridgehead atoms. The molecular weight excluding hydrogens is 285 g/mol. The number of carbonyl (C=O) groups excluding carboxylic acids is 1. The molecule has 20 heavy (non-hydrogen) atoms. The molecule has 0 aromatic heterocycles. The third-order valence-electron chi connectivity index (χ3n) is 2.75. The molecule has 0 atom stereocenters. The van der Waals surface area contributed by atoms with Gasteiger partial charge in [-0.25, -0.2) is 4.39 Å². The van der Waals surface area contributed by atoms with Crippen LogP contribution in [0.5, 0.6) is 0 Å². The summed E-state index contributed by atoms with van der Waals surface area (Å²) in [4.78, 5) is 22.0. The third kappa shape index (κ3) is 3.00. The van der Waals surface area contributed by atoms with Crippen LogP contribution in [0.25, 0.3) is 0 Å². The average molecular weight is 294 g/mol. The zero-order valence-corrected chi connectivity index (χ0v) is 10.9. The number of hydrogen-bond acceptors (Lipinski definition) is 3. The van der Waals surface area contributed by atoms with Gasteiger partial charge in [-0.2, -0.15) is 0 Å². The van der Waals surface area contributed by atoms with Gasteiger partial charge >= 0.3 is 0 Å². The second kappa shape index (κ2) is 5.79. The van der Waals surface area contributed by atoms with Gasteiger partial charge in [0.15, 0.2) is 5.78 Å². The topological polar surface area (TPSA) is 60.2 Å². The van der Waals surface area contributed by atoms with Crippen LogP contribution in [-0.4, -0.2) is 10.7 Å². The molecule has 0 spiro atoms. The highest BCUT2D eigenvalue weighted by atomic mass is 35.5. The second-order valence-corrected chi connectivity index (χ2v) is 4.53. The Balaban J connectivity index is 2.21. The minimum absolute atomic E-state index is 0.0527. The first-order chi connectivity index (χ1) is 9.49. The van der Waals surface area contributed by atoms with Crippen molar-refractivity contribution in [3.8, 4) is 0 Å². The zero-order chi connectivity index (χ0) is 14.7. The minimum atomic E-state index is -0.676. The Labute approximate surface area is 119 Å². The number of nitro groups is 1. The van der Waals surface area contributed by atoms with E-state index < -0.39 is 16.5 Å². The largest absolute Gasteiger partial charge is 0.294 e. The first-order valence-corrected chi connectivity index (χ1v) is 6.07. The van der Waals surface area contributed by atoms with Gasteiger partial charge in [-0.05, 0) is 17.7 Å². The second-order valence-electron chi connectivity index (χ2n) is 4.12. The molecule has 0 fully saturated rings. The Morgan fingerprint density at radius 2 is 1.85 bits per heavy atom. The lowest BCUT2D eigenvalue weighted by Gasteiger charge is -2.05. The fourth-order valence-electron chi connectivity index (χ4n) is 1.77. The van der Waals surface area contributed by atoms with Crippen molar-refractivity contribution in [3.63, 3.8) is 0 Å². The molecule has 2 rings (SSSR count). The number of Topliss-reactive ketones (excluding diaryl/α,β-unsaturated/α-hetero) is 1. The Bertz CT molecular complexity index is 650. The summed E-state index contributed by atoms with van der Waals surface area (Å²) in [5.41, 5.74) is 0.331. The fourth-order valence-corrected chi connectivity index (χ4v) is 2.04. The van der Waals surface area contributed by atoms with Crippen LogP contribution in [-0.2, 0) is 6.42 Å². The summed E-state index contributed by atoms with van der Waals surface area (Å²) < 4.78 is 13.6. The van der Waals surface area contributed by atoms with Crippen LogP contribution in [0.15, 0.2) is 42.5 Å². The lowest BCUT2D eigenvalue weighted by atomic mass is 10.0. The smallest absolute Gasteiger partial charge is 0.269 e. The summed E-state index contributed by atoms with van der Waals surface area (Å²) in [6, 6.07) is 9.54. The maximum absolute atomic E-state index is 13.6. The molecule has 0 amide bonds. The van der Waals surface area contributed by atoms with Gasteiger partial charge in [0.2, 0.25) is 0 Å². The third-order valence-corrected chi connectivity index (χ3v) is 3.07. The summed E-state index contributed by atoms with van der Waals surface area (Å²) in [5.74, 6) is -1.15. The van der Waals surface area contributed by atoms with Gasteiger partial charge in [0.1, 0.15) is 5.82 Å². The molecule has 0 radical (unpaired) electrons. The molecule has 0 aliphatic heterocycles. The van der Waals surface area contributed by atoms with Crippen LogP contribution in [0, 0.1) is 15.9 Å². The van der Waals surface area contributed by atoms with E-state index in [9.17, 15) is 19.3 Å². The van der Waals surface area contributed by atoms with Crippen LogP contribution in [0.1, 0.15) is 15.9 Å². The maximum Gasteiger partial charge on any atom is 0.269 e. The fraction of sp³-hybridized carbons (Fsp3) is 0.0714. The van der Waals surface area contributed by atoms with E-state index in [1.807, 2.05) is 0 Å². The summed E-state index contributed by atoms with van der Waals surface area (Å²) in [6.07, 6.45) is -0.0708. The highest BCUT2D eigenvalue weighted by Crippen LogP contribution is 2.21. The highest BCUT2D eigenvalue weighted by molar-refractivity contribution is 6.34. The summed E-state index contributed by atoms with van der Waals surface area (Å²) in [7, 11) is 0. The van der Waals surface area contributed by atoms with Crippen LogP contribution < -0.4 is 0 Å². The molecule has 4 nitrogen and oxygen atoms in total. The average Bonchev–Trinajstić information content (AvgIpc) is 2.39. The number of ketones is 1. The van der Waals surface area contributed by atoms with Gasteiger partial charge in [0, 0.05) is 18.6 Å². The van der Waals surface area contributed by atoms with Gasteiger partial charge in [-0.15, -0.1) is 0 Å². The monoisotopic (exact) mass is 293 g/mol. The first kappa shape index (κ1) is 14.1. The molecule has 0 aliphatic carbocycles. The molecule has 0 unspecified atom stereocenters. The number of halogens is 2. The number of nitro benzene ring substituents is 1. The molecule has 2 aromatic rings. The van der Waals surface area contributed by atoms with Crippen LogP contribution in [0.2, 0.25) is 5.02 Å². The van der Waals surface area contributed by atoms with Gasteiger partial charge in [-0.1, -0.05) is 29.8 Å². The van der Waals surface area contributed by atoms with Crippen molar-refractivity contribution in [2.45, 2.75) is 6.42 Å². The Morgan fingerprint density at radius 1 is 1.20 bits per heavy atom. The summed E-state index contributed by atoms with van der Waals surface area (Å²) in [5, 5.41) is 10.6. The molecule has 0 heterocycles. The zero-order valence-electron chi connectivity index (χ0n) is 10.2. The number of carbonyl (C=O) groups is 1. The Kier molecular flexibility index (Phi) is 4.10. The van der Waals surface area contributed by atoms with Crippen molar-refractivity contribution in [1.82, 2.24) is 0 Å². The number of nitrogens with zero attached hydrogens (tertiary/aromatic N) is 1. The van der Waals surface area contributed by atoms with Crippen molar-refractivity contribution in [2.24, 2.45) is 0 Å². The van der Waals surface area contributed by atoms with Crippen LogP contribution in [0.3, 0.4) is 0 Å². The van der Waals surface area contributed by atoms with Gasteiger partial charge < -0.3 is 0 Å². The molecular formula is C14H9ClFNO3. The number of benzene rings is 2. The van der Waals surface area contributed by atoms with Crippen LogP contribution in [0.4, 0.5) is 10.1 Å². The number of hydrogen-bond donors (Lipinski definition) is 0. The van der Waals surface area contributed by atoms with Gasteiger partial charge in [0.05, 0.1) is 15.5 Å². The van der Waals surface area contributed by atoms with Crippen molar-refractivity contribution in [1.29, 1.82) is 0 Å². The molecule has 6 heteroatoms. The van der Waals surface area contributed by atoms with E-state index in [0.29, 0.717) is 5.56 Å². The Hall–Kier alpha value is -2.27. The van der Waals surface area contributed by atoms with Gasteiger partial charge in [-0.3, -0.25) is 14.9 Å². The molecule has 0 aliphatic rings. The number of rotatable bonds is 4. The van der Waals surface area contributed by atoms with E-state index in [0.717, 1.165) is 6.07 Å². The lowest BCUT2D eigenvalue weighted by Crippen LogP contribution is -2.07. The summed E-state index contributed by atoms with van der Waals surface area (Å²) in [6.45, 7) is 0. The van der Waals surface area contributed by atoms with E-state index >= 15 is 0 Å². The van der Waals surface area contributed by atoms with Crippen molar-refractivity contribution in [2.75, 3.05) is 0 Å². The van der Waals surface area contributed by atoms with E-state index in [-0.39, 0.29) is 22.7 Å². The van der Waals surface area contributed by atoms with Gasteiger partial charge in [0.25, 0.3) is 5.69 Å². The van der Waals surface area contributed by atoms with E-state index in [4.69, 9.17) is 11.6 Å². The summed E-state index contributed by atoms with van der Waals surface area (Å²) >= 11 is 5.81. The van der Waals surface area contributed by atoms with Crippen molar-refractivity contribution in [3.05, 3.63) is 74.5 Å². The molecule has 2 aromatic carbocycles. The quantitative estimate of drug-likeness (QED) is 0.489. The maximum atomic E-state index is 13.6. The Morgan fingerprint density at radius 3 is 2.40 bits per heavy atom. The number of non-ortho nitro benzene ring substituents is 1. The molecule has 0 saturated carbocycles. The normalized spacial score (nSPS) is 10.3. The lowest BCUT2D eigenvalue weighted by molar-refractivity contribution is -0.384.